The molecule has 1 fully saturated rings. The monoisotopic (exact) mass is 254 g/mol. The van der Waals surface area contributed by atoms with E-state index in [9.17, 15) is 14.7 Å². The Labute approximate surface area is 109 Å². The van der Waals surface area contributed by atoms with Gasteiger partial charge in [-0.2, -0.15) is 0 Å². The number of carbonyl (C=O) groups is 2. The number of hydrogen-bond acceptors (Lipinski definition) is 3. The van der Waals surface area contributed by atoms with Gasteiger partial charge < -0.3 is 15.2 Å². The molecule has 0 radical (unpaired) electrons. The summed E-state index contributed by atoms with van der Waals surface area (Å²) in [7, 11) is 0. The zero-order valence-corrected chi connectivity index (χ0v) is 11.6. The quantitative estimate of drug-likeness (QED) is 0.798. The maximum Gasteiger partial charge on any atom is 0.223 e. The van der Waals surface area contributed by atoms with Crippen LogP contribution in [0, 0.1) is 17.8 Å². The molecular weight excluding hydrogens is 230 g/mol. The van der Waals surface area contributed by atoms with Gasteiger partial charge in [0.25, 0.3) is 0 Å². The maximum absolute atomic E-state index is 12.0. The Morgan fingerprint density at radius 2 is 1.78 bits per heavy atom. The molecule has 1 aliphatic carbocycles. The molecule has 1 N–H and O–H groups in total. The fourth-order valence-corrected chi connectivity index (χ4v) is 2.50. The van der Waals surface area contributed by atoms with Crippen LogP contribution < -0.4 is 10.4 Å². The summed E-state index contributed by atoms with van der Waals surface area (Å²) >= 11 is 0. The van der Waals surface area contributed by atoms with Crippen molar-refractivity contribution in [3.8, 4) is 0 Å². The SMILES string of the molecule is CC(C)C[C@H](NC(=O)C1CCC(C)CC1)C(=O)[O-]. The second-order valence-corrected chi connectivity index (χ2v) is 5.97. The summed E-state index contributed by atoms with van der Waals surface area (Å²) in [4.78, 5) is 23.0. The van der Waals surface area contributed by atoms with Crippen LogP contribution in [0.25, 0.3) is 0 Å². The lowest BCUT2D eigenvalue weighted by Gasteiger charge is -2.28. The minimum absolute atomic E-state index is 0.0183. The normalized spacial score (nSPS) is 25.8. The Hall–Kier alpha value is -1.06. The Balaban J connectivity index is 2.48. The van der Waals surface area contributed by atoms with Crippen molar-refractivity contribution in [2.75, 3.05) is 0 Å². The van der Waals surface area contributed by atoms with Gasteiger partial charge in [0.2, 0.25) is 5.91 Å². The lowest BCUT2D eigenvalue weighted by Crippen LogP contribution is -2.50. The number of carbonyl (C=O) groups excluding carboxylic acids is 2. The van der Waals surface area contributed by atoms with E-state index in [-0.39, 0.29) is 17.7 Å². The van der Waals surface area contributed by atoms with Gasteiger partial charge in [-0.3, -0.25) is 4.79 Å². The summed E-state index contributed by atoms with van der Waals surface area (Å²) in [5.74, 6) is -0.408. The van der Waals surface area contributed by atoms with E-state index in [1.807, 2.05) is 13.8 Å². The Bertz CT molecular complexity index is 293. The molecule has 1 rings (SSSR count). The molecule has 1 aliphatic rings. The van der Waals surface area contributed by atoms with Crippen LogP contribution in [0.2, 0.25) is 0 Å². The van der Waals surface area contributed by atoms with Gasteiger partial charge in [-0.25, -0.2) is 0 Å². The summed E-state index contributed by atoms with van der Waals surface area (Å²) in [6.45, 7) is 6.06. The van der Waals surface area contributed by atoms with Gasteiger partial charge in [0.1, 0.15) is 0 Å². The van der Waals surface area contributed by atoms with E-state index in [2.05, 4.69) is 12.2 Å². The first-order valence-electron chi connectivity index (χ1n) is 6.91. The van der Waals surface area contributed by atoms with Gasteiger partial charge in [0, 0.05) is 5.92 Å². The van der Waals surface area contributed by atoms with Crippen molar-refractivity contribution in [1.29, 1.82) is 0 Å². The first-order chi connectivity index (χ1) is 8.40. The number of nitrogens with one attached hydrogen (secondary N) is 1. The molecule has 4 heteroatoms. The third-order valence-electron chi connectivity index (χ3n) is 3.69. The molecule has 0 heterocycles. The lowest BCUT2D eigenvalue weighted by molar-refractivity contribution is -0.308. The van der Waals surface area contributed by atoms with Crippen LogP contribution in [0.5, 0.6) is 0 Å². The predicted octanol–water partition coefficient (Wildman–Crippen LogP) is 1.09. The van der Waals surface area contributed by atoms with Gasteiger partial charge in [-0.05, 0) is 43.9 Å². The number of carboxylic acids is 1. The molecule has 0 aliphatic heterocycles. The topological polar surface area (TPSA) is 69.2 Å². The molecule has 18 heavy (non-hydrogen) atoms. The van der Waals surface area contributed by atoms with Crippen LogP contribution in [-0.4, -0.2) is 17.9 Å². The molecule has 0 aromatic rings. The molecule has 1 saturated carbocycles. The number of rotatable bonds is 5. The van der Waals surface area contributed by atoms with Crippen molar-refractivity contribution in [2.45, 2.75) is 58.9 Å². The number of carboxylic acid groups (broad SMARTS) is 1. The average molecular weight is 254 g/mol. The van der Waals surface area contributed by atoms with Crippen molar-refractivity contribution in [3.05, 3.63) is 0 Å². The van der Waals surface area contributed by atoms with E-state index in [1.54, 1.807) is 0 Å². The maximum atomic E-state index is 12.0. The zero-order valence-electron chi connectivity index (χ0n) is 11.6. The highest BCUT2D eigenvalue weighted by Crippen LogP contribution is 2.28. The Morgan fingerprint density at radius 1 is 1.22 bits per heavy atom. The van der Waals surface area contributed by atoms with Crippen LogP contribution in [0.3, 0.4) is 0 Å². The standard InChI is InChI=1S/C14H25NO3/c1-9(2)8-12(14(17)18)15-13(16)11-6-4-10(3)5-7-11/h9-12H,4-8H2,1-3H3,(H,15,16)(H,17,18)/p-1/t10?,11?,12-/m0/s1. The van der Waals surface area contributed by atoms with E-state index < -0.39 is 12.0 Å². The highest BCUT2D eigenvalue weighted by atomic mass is 16.4. The predicted molar refractivity (Wildman–Crippen MR) is 67.5 cm³/mol. The van der Waals surface area contributed by atoms with Crippen LogP contribution in [0.15, 0.2) is 0 Å². The molecule has 0 spiro atoms. The molecule has 4 nitrogen and oxygen atoms in total. The van der Waals surface area contributed by atoms with Crippen molar-refractivity contribution >= 4 is 11.9 Å². The van der Waals surface area contributed by atoms with Crippen LogP contribution in [0.1, 0.15) is 52.9 Å². The van der Waals surface area contributed by atoms with Crippen molar-refractivity contribution in [3.63, 3.8) is 0 Å². The van der Waals surface area contributed by atoms with Gasteiger partial charge >= 0.3 is 0 Å². The highest BCUT2D eigenvalue weighted by Gasteiger charge is 2.26. The summed E-state index contributed by atoms with van der Waals surface area (Å²) in [5, 5.41) is 13.6. The lowest BCUT2D eigenvalue weighted by atomic mass is 9.82. The van der Waals surface area contributed by atoms with Gasteiger partial charge in [-0.15, -0.1) is 0 Å². The van der Waals surface area contributed by atoms with E-state index in [1.165, 1.54) is 0 Å². The Kier molecular flexibility index (Phi) is 5.63. The van der Waals surface area contributed by atoms with Crippen molar-refractivity contribution in [1.82, 2.24) is 5.32 Å². The number of hydrogen-bond donors (Lipinski definition) is 1. The molecule has 0 bridgehead atoms. The second kappa shape index (κ2) is 6.76. The van der Waals surface area contributed by atoms with Gasteiger partial charge in [0.05, 0.1) is 12.0 Å². The van der Waals surface area contributed by atoms with E-state index >= 15 is 0 Å². The molecule has 0 unspecified atom stereocenters. The number of aliphatic carboxylic acids is 1. The largest absolute Gasteiger partial charge is 0.548 e. The molecule has 0 aromatic carbocycles. The molecular formula is C14H24NO3-. The van der Waals surface area contributed by atoms with E-state index in [0.29, 0.717) is 12.3 Å². The van der Waals surface area contributed by atoms with Crippen LogP contribution in [-0.2, 0) is 9.59 Å². The average Bonchev–Trinajstić information content (AvgIpc) is 2.28. The van der Waals surface area contributed by atoms with Gasteiger partial charge in [-0.1, -0.05) is 20.8 Å². The molecule has 0 aromatic heterocycles. The minimum atomic E-state index is -1.18. The summed E-state index contributed by atoms with van der Waals surface area (Å²) < 4.78 is 0. The summed E-state index contributed by atoms with van der Waals surface area (Å²) in [6, 6.07) is -0.850. The summed E-state index contributed by atoms with van der Waals surface area (Å²) in [6.07, 6.45) is 4.27. The molecule has 104 valence electrons. The minimum Gasteiger partial charge on any atom is -0.548 e. The molecule has 1 atom stereocenters. The van der Waals surface area contributed by atoms with Crippen molar-refractivity contribution < 1.29 is 14.7 Å². The van der Waals surface area contributed by atoms with E-state index in [4.69, 9.17) is 0 Å². The molecule has 1 amide bonds. The third-order valence-corrected chi connectivity index (χ3v) is 3.69. The fraction of sp³-hybridized carbons (Fsp3) is 0.857. The highest BCUT2D eigenvalue weighted by molar-refractivity contribution is 5.84. The first-order valence-corrected chi connectivity index (χ1v) is 6.91. The second-order valence-electron chi connectivity index (χ2n) is 5.97. The fourth-order valence-electron chi connectivity index (χ4n) is 2.50. The Morgan fingerprint density at radius 3 is 2.22 bits per heavy atom. The molecule has 0 saturated heterocycles. The van der Waals surface area contributed by atoms with Gasteiger partial charge in [0.15, 0.2) is 0 Å². The third kappa shape index (κ3) is 4.67. The summed E-state index contributed by atoms with van der Waals surface area (Å²) in [5.41, 5.74) is 0. The van der Waals surface area contributed by atoms with E-state index in [0.717, 1.165) is 25.7 Å². The zero-order chi connectivity index (χ0) is 13.7. The van der Waals surface area contributed by atoms with Crippen LogP contribution in [0.4, 0.5) is 0 Å². The first kappa shape index (κ1) is 15.0. The number of amides is 1. The smallest absolute Gasteiger partial charge is 0.223 e. The van der Waals surface area contributed by atoms with Crippen molar-refractivity contribution in [2.24, 2.45) is 17.8 Å². The van der Waals surface area contributed by atoms with Crippen LogP contribution >= 0.6 is 0 Å².